The summed E-state index contributed by atoms with van der Waals surface area (Å²) in [5, 5.41) is 30.7. The molecular formula is C24H24N3O7-. The van der Waals surface area contributed by atoms with Gasteiger partial charge in [-0.25, -0.2) is 0 Å². The first-order valence-corrected chi connectivity index (χ1v) is 10.8. The monoisotopic (exact) mass is 466 g/mol. The first-order chi connectivity index (χ1) is 16.3. The summed E-state index contributed by atoms with van der Waals surface area (Å²) in [6.45, 7) is 3.55. The summed E-state index contributed by atoms with van der Waals surface area (Å²) in [6, 6.07) is 9.03. The maximum atomic E-state index is 13.7. The summed E-state index contributed by atoms with van der Waals surface area (Å²) in [6.07, 6.45) is 1.81. The van der Waals surface area contributed by atoms with Gasteiger partial charge in [-0.2, -0.15) is 0 Å². The third-order valence-corrected chi connectivity index (χ3v) is 6.14. The van der Waals surface area contributed by atoms with Crippen molar-refractivity contribution in [3.05, 3.63) is 63.8 Å². The van der Waals surface area contributed by atoms with E-state index in [0.717, 1.165) is 6.07 Å². The van der Waals surface area contributed by atoms with Crippen LogP contribution in [-0.4, -0.2) is 30.4 Å². The van der Waals surface area contributed by atoms with Crippen LogP contribution in [0.5, 0.6) is 11.5 Å². The van der Waals surface area contributed by atoms with E-state index in [1.807, 2.05) is 24.3 Å². The SMILES string of the molecule is CCOc1cc([C@H]2Nc3ccccc3NC3=C[C@@H](C)[C@H](C(=O)OC)C(=O)[C@H]32)cc([N+](=O)[O-])c1[O-]. The quantitative estimate of drug-likeness (QED) is 0.294. The number of hydrogen-bond donors (Lipinski definition) is 2. The van der Waals surface area contributed by atoms with Crippen molar-refractivity contribution in [2.75, 3.05) is 24.4 Å². The van der Waals surface area contributed by atoms with Crippen molar-refractivity contribution in [3.8, 4) is 11.5 Å². The number of esters is 1. The topological polar surface area (TPSA) is 143 Å². The highest BCUT2D eigenvalue weighted by Gasteiger charge is 2.47. The average Bonchev–Trinajstić information content (AvgIpc) is 2.96. The third kappa shape index (κ3) is 3.91. The molecule has 1 heterocycles. The number of nitro groups is 1. The van der Waals surface area contributed by atoms with Gasteiger partial charge in [0.05, 0.1) is 42.0 Å². The molecule has 0 bridgehead atoms. The molecule has 0 fully saturated rings. The molecule has 1 aliphatic carbocycles. The van der Waals surface area contributed by atoms with E-state index < -0.39 is 46.1 Å². The number of methoxy groups -OCH3 is 1. The molecule has 34 heavy (non-hydrogen) atoms. The minimum Gasteiger partial charge on any atom is -0.865 e. The van der Waals surface area contributed by atoms with Crippen LogP contribution in [0.25, 0.3) is 0 Å². The van der Waals surface area contributed by atoms with Crippen LogP contribution in [-0.2, 0) is 14.3 Å². The van der Waals surface area contributed by atoms with Crippen molar-refractivity contribution < 1.29 is 29.1 Å². The summed E-state index contributed by atoms with van der Waals surface area (Å²) < 4.78 is 10.3. The molecule has 10 nitrogen and oxygen atoms in total. The molecule has 4 rings (SSSR count). The lowest BCUT2D eigenvalue weighted by atomic mass is 9.72. The van der Waals surface area contributed by atoms with Gasteiger partial charge in [0.15, 0.2) is 5.78 Å². The Kier molecular flexibility index (Phi) is 6.14. The van der Waals surface area contributed by atoms with Crippen molar-refractivity contribution in [3.63, 3.8) is 0 Å². The van der Waals surface area contributed by atoms with Crippen molar-refractivity contribution in [2.24, 2.45) is 17.8 Å². The van der Waals surface area contributed by atoms with E-state index in [1.54, 1.807) is 19.9 Å². The summed E-state index contributed by atoms with van der Waals surface area (Å²) >= 11 is 0. The minimum atomic E-state index is -1.04. The van der Waals surface area contributed by atoms with Crippen LogP contribution in [0, 0.1) is 27.9 Å². The zero-order valence-electron chi connectivity index (χ0n) is 18.9. The van der Waals surface area contributed by atoms with Crippen molar-refractivity contribution >= 4 is 28.8 Å². The number of para-hydroxylation sites is 2. The molecule has 2 N–H and O–H groups in total. The Morgan fingerprint density at radius 2 is 1.91 bits per heavy atom. The second kappa shape index (κ2) is 9.05. The lowest BCUT2D eigenvalue weighted by molar-refractivity contribution is -0.398. The number of anilines is 2. The van der Waals surface area contributed by atoms with Crippen molar-refractivity contribution in [1.29, 1.82) is 0 Å². The maximum absolute atomic E-state index is 13.7. The Hall–Kier alpha value is -4.08. The lowest BCUT2D eigenvalue weighted by Crippen LogP contribution is -2.43. The van der Waals surface area contributed by atoms with E-state index in [9.17, 15) is 24.8 Å². The van der Waals surface area contributed by atoms with Crippen LogP contribution >= 0.6 is 0 Å². The van der Waals surface area contributed by atoms with E-state index in [4.69, 9.17) is 9.47 Å². The number of nitrogens with zero attached hydrogens (tertiary/aromatic N) is 1. The molecule has 0 saturated heterocycles. The number of ether oxygens (including phenoxy) is 2. The maximum Gasteiger partial charge on any atom is 0.316 e. The Bertz CT molecular complexity index is 1190. The van der Waals surface area contributed by atoms with Crippen LogP contribution in [0.1, 0.15) is 25.5 Å². The molecule has 1 aliphatic heterocycles. The number of allylic oxidation sites excluding steroid dienone is 1. The first-order valence-electron chi connectivity index (χ1n) is 10.8. The molecule has 2 aromatic carbocycles. The van der Waals surface area contributed by atoms with Crippen LogP contribution < -0.4 is 20.5 Å². The number of nitro benzene ring substituents is 1. The normalized spacial score (nSPS) is 23.3. The molecule has 0 spiro atoms. The van der Waals surface area contributed by atoms with Gasteiger partial charge in [-0.05, 0) is 36.6 Å². The number of benzene rings is 2. The van der Waals surface area contributed by atoms with Gasteiger partial charge < -0.3 is 25.2 Å². The molecule has 178 valence electrons. The number of carbonyl (C=O) groups is 2. The van der Waals surface area contributed by atoms with Crippen molar-refractivity contribution in [1.82, 2.24) is 0 Å². The van der Waals surface area contributed by atoms with E-state index >= 15 is 0 Å². The number of nitrogens with one attached hydrogen (secondary N) is 2. The number of fused-ring (bicyclic) bond motifs is 2. The van der Waals surface area contributed by atoms with Gasteiger partial charge in [-0.15, -0.1) is 0 Å². The molecule has 0 unspecified atom stereocenters. The summed E-state index contributed by atoms with van der Waals surface area (Å²) in [7, 11) is 1.23. The highest BCUT2D eigenvalue weighted by Crippen LogP contribution is 2.46. The number of carbonyl (C=O) groups excluding carboxylic acids is 2. The fraction of sp³-hybridized carbons (Fsp3) is 0.333. The number of ketones is 1. The highest BCUT2D eigenvalue weighted by molar-refractivity contribution is 6.04. The van der Waals surface area contributed by atoms with E-state index in [1.165, 1.54) is 13.2 Å². The highest BCUT2D eigenvalue weighted by atomic mass is 16.6. The van der Waals surface area contributed by atoms with Gasteiger partial charge >= 0.3 is 5.97 Å². The Morgan fingerprint density at radius 1 is 1.21 bits per heavy atom. The summed E-state index contributed by atoms with van der Waals surface area (Å²) in [5.41, 5.74) is 1.59. The second-order valence-corrected chi connectivity index (χ2v) is 8.21. The van der Waals surface area contributed by atoms with E-state index in [2.05, 4.69) is 10.6 Å². The Labute approximate surface area is 195 Å². The lowest BCUT2D eigenvalue weighted by Gasteiger charge is -2.35. The van der Waals surface area contributed by atoms with E-state index in [0.29, 0.717) is 22.6 Å². The van der Waals surface area contributed by atoms with Crippen LogP contribution in [0.4, 0.5) is 17.1 Å². The predicted octanol–water partition coefficient (Wildman–Crippen LogP) is 3.15. The molecule has 0 aromatic heterocycles. The summed E-state index contributed by atoms with van der Waals surface area (Å²) in [4.78, 5) is 37.0. The number of rotatable bonds is 5. The molecule has 2 aliphatic rings. The third-order valence-electron chi connectivity index (χ3n) is 6.14. The zero-order chi connectivity index (χ0) is 24.6. The van der Waals surface area contributed by atoms with Crippen LogP contribution in [0.3, 0.4) is 0 Å². The van der Waals surface area contributed by atoms with Crippen LogP contribution in [0.15, 0.2) is 48.2 Å². The molecule has 10 heteroatoms. The average molecular weight is 466 g/mol. The van der Waals surface area contributed by atoms with Gasteiger partial charge in [0.2, 0.25) is 0 Å². The van der Waals surface area contributed by atoms with E-state index in [-0.39, 0.29) is 18.1 Å². The molecule has 4 atom stereocenters. The molecule has 0 radical (unpaired) electrons. The predicted molar refractivity (Wildman–Crippen MR) is 121 cm³/mol. The summed E-state index contributed by atoms with van der Waals surface area (Å²) in [5.74, 6) is -4.42. The largest absolute Gasteiger partial charge is 0.865 e. The zero-order valence-corrected chi connectivity index (χ0v) is 18.9. The van der Waals surface area contributed by atoms with Crippen LogP contribution in [0.2, 0.25) is 0 Å². The van der Waals surface area contributed by atoms with Gasteiger partial charge in [-0.3, -0.25) is 19.7 Å². The first kappa shape index (κ1) is 23.1. The van der Waals surface area contributed by atoms with Gasteiger partial charge in [0.1, 0.15) is 11.7 Å². The Morgan fingerprint density at radius 3 is 2.56 bits per heavy atom. The van der Waals surface area contributed by atoms with Gasteiger partial charge in [0.25, 0.3) is 5.69 Å². The fourth-order valence-electron chi connectivity index (χ4n) is 4.60. The molecular weight excluding hydrogens is 442 g/mol. The minimum absolute atomic E-state index is 0.133. The standard InChI is InChI=1S/C24H25N3O7/c1-4-34-18-11-13(10-17(22(18)28)27(31)32)21-20-16(25-14-7-5-6-8-15(14)26-21)9-12(2)19(23(20)29)24(30)33-3/h5-12,19-21,25-26,28H,4H2,1-3H3/p-1/t12-,19+,20-,21-/m1/s1. The fourth-order valence-corrected chi connectivity index (χ4v) is 4.60. The van der Waals surface area contributed by atoms with Crippen molar-refractivity contribution in [2.45, 2.75) is 19.9 Å². The van der Waals surface area contributed by atoms with Gasteiger partial charge in [0, 0.05) is 17.5 Å². The van der Waals surface area contributed by atoms with Gasteiger partial charge in [-0.1, -0.05) is 25.1 Å². The molecule has 0 saturated carbocycles. The molecule has 2 aromatic rings. The Balaban J connectivity index is 1.93. The number of Topliss-reactive ketones (excluding diaryl/α,β-unsaturated/α-hetero) is 1. The second-order valence-electron chi connectivity index (χ2n) is 8.21. The molecule has 0 amide bonds. The smallest absolute Gasteiger partial charge is 0.316 e. The number of hydrogen-bond acceptors (Lipinski definition) is 9.